The summed E-state index contributed by atoms with van der Waals surface area (Å²) in [5.74, 6) is -1.31. The molecule has 0 aromatic carbocycles. The van der Waals surface area contributed by atoms with E-state index in [1.54, 1.807) is 6.92 Å². The van der Waals surface area contributed by atoms with Crippen molar-refractivity contribution in [2.75, 3.05) is 6.61 Å². The maximum atomic E-state index is 12.5. The molecule has 0 saturated heterocycles. The quantitative estimate of drug-likeness (QED) is 0.576. The van der Waals surface area contributed by atoms with Crippen LogP contribution in [-0.4, -0.2) is 24.5 Å². The molecule has 0 rings (SSSR count). The number of alkyl halides is 1. The molecule has 11 heavy (non-hydrogen) atoms. The number of halogens is 1. The smallest absolute Gasteiger partial charge is 0.341 e. The molecule has 0 aromatic heterocycles. The van der Waals surface area contributed by atoms with Crippen molar-refractivity contribution < 1.29 is 18.7 Å². The normalized spacial score (nSPS) is 12.3. The Bertz CT molecular complexity index is 156. The standard InChI is InChI=1S/C7H11FO3/c1-3-11-7(10)6(8)4-5(2)9/h6H,3-4H2,1-2H3/t6-/m1/s1. The van der Waals surface area contributed by atoms with Gasteiger partial charge in [-0.1, -0.05) is 0 Å². The first kappa shape index (κ1) is 10.1. The van der Waals surface area contributed by atoms with Gasteiger partial charge in [-0.25, -0.2) is 9.18 Å². The third-order valence-electron chi connectivity index (χ3n) is 1.01. The molecule has 0 aliphatic rings. The van der Waals surface area contributed by atoms with Gasteiger partial charge in [0.1, 0.15) is 5.78 Å². The molecular formula is C7H11FO3. The number of hydrogen-bond acceptors (Lipinski definition) is 3. The molecule has 0 unspecified atom stereocenters. The van der Waals surface area contributed by atoms with Crippen LogP contribution in [0.25, 0.3) is 0 Å². The number of Topliss-reactive ketones (excluding diaryl/α,β-unsaturated/α-hetero) is 1. The molecule has 0 radical (unpaired) electrons. The number of rotatable bonds is 4. The number of carbonyl (C=O) groups excluding carboxylic acids is 2. The predicted molar refractivity (Wildman–Crippen MR) is 36.8 cm³/mol. The van der Waals surface area contributed by atoms with Crippen molar-refractivity contribution in [1.82, 2.24) is 0 Å². The van der Waals surface area contributed by atoms with Crippen LogP contribution in [-0.2, 0) is 14.3 Å². The Morgan fingerprint density at radius 2 is 2.09 bits per heavy atom. The molecular weight excluding hydrogens is 151 g/mol. The Labute approximate surface area is 64.5 Å². The zero-order valence-corrected chi connectivity index (χ0v) is 6.59. The Kier molecular flexibility index (Phi) is 4.41. The van der Waals surface area contributed by atoms with Crippen molar-refractivity contribution in [3.05, 3.63) is 0 Å². The van der Waals surface area contributed by atoms with E-state index in [1.165, 1.54) is 6.92 Å². The van der Waals surface area contributed by atoms with E-state index in [-0.39, 0.29) is 12.4 Å². The van der Waals surface area contributed by atoms with Crippen LogP contribution >= 0.6 is 0 Å². The molecule has 0 N–H and O–H groups in total. The van der Waals surface area contributed by atoms with E-state index >= 15 is 0 Å². The maximum absolute atomic E-state index is 12.5. The third-order valence-corrected chi connectivity index (χ3v) is 1.01. The van der Waals surface area contributed by atoms with Gasteiger partial charge in [-0.05, 0) is 13.8 Å². The van der Waals surface area contributed by atoms with E-state index in [9.17, 15) is 14.0 Å². The molecule has 0 fully saturated rings. The van der Waals surface area contributed by atoms with E-state index in [0.29, 0.717) is 0 Å². The number of ketones is 1. The lowest BCUT2D eigenvalue weighted by Gasteiger charge is -2.03. The van der Waals surface area contributed by atoms with Gasteiger partial charge < -0.3 is 4.74 Å². The second-order valence-electron chi connectivity index (χ2n) is 2.13. The summed E-state index contributed by atoms with van der Waals surface area (Å²) >= 11 is 0. The second kappa shape index (κ2) is 4.82. The van der Waals surface area contributed by atoms with Gasteiger partial charge in [0.05, 0.1) is 6.61 Å². The zero-order valence-electron chi connectivity index (χ0n) is 6.59. The summed E-state index contributed by atoms with van der Waals surface area (Å²) in [6.07, 6.45) is -2.19. The molecule has 0 aliphatic carbocycles. The van der Waals surface area contributed by atoms with E-state index in [4.69, 9.17) is 0 Å². The van der Waals surface area contributed by atoms with Gasteiger partial charge in [-0.3, -0.25) is 4.79 Å². The summed E-state index contributed by atoms with van der Waals surface area (Å²) < 4.78 is 16.9. The van der Waals surface area contributed by atoms with E-state index in [2.05, 4.69) is 4.74 Å². The summed E-state index contributed by atoms with van der Waals surface area (Å²) in [5.41, 5.74) is 0. The highest BCUT2D eigenvalue weighted by Crippen LogP contribution is 2.01. The first-order valence-electron chi connectivity index (χ1n) is 3.38. The molecule has 3 nitrogen and oxygen atoms in total. The van der Waals surface area contributed by atoms with Gasteiger partial charge in [0.15, 0.2) is 0 Å². The average molecular weight is 162 g/mol. The number of ether oxygens (including phenoxy) is 1. The molecule has 0 heterocycles. The topological polar surface area (TPSA) is 43.4 Å². The molecule has 0 bridgehead atoms. The molecule has 0 saturated carbocycles. The summed E-state index contributed by atoms with van der Waals surface area (Å²) in [6.45, 7) is 2.95. The second-order valence-corrected chi connectivity index (χ2v) is 2.13. The first-order chi connectivity index (χ1) is 5.07. The fourth-order valence-electron chi connectivity index (χ4n) is 0.568. The van der Waals surface area contributed by atoms with Crippen molar-refractivity contribution in [1.29, 1.82) is 0 Å². The van der Waals surface area contributed by atoms with Crippen LogP contribution in [0.5, 0.6) is 0 Å². The molecule has 4 heteroatoms. The number of hydrogen-bond donors (Lipinski definition) is 0. The summed E-state index contributed by atoms with van der Waals surface area (Å²) in [4.78, 5) is 20.8. The Morgan fingerprint density at radius 1 is 1.55 bits per heavy atom. The monoisotopic (exact) mass is 162 g/mol. The summed E-state index contributed by atoms with van der Waals surface area (Å²) in [6, 6.07) is 0. The van der Waals surface area contributed by atoms with E-state index in [1.807, 2.05) is 0 Å². The average Bonchev–Trinajstić information content (AvgIpc) is 1.86. The van der Waals surface area contributed by atoms with Crippen LogP contribution in [0.15, 0.2) is 0 Å². The molecule has 64 valence electrons. The third kappa shape index (κ3) is 4.47. The summed E-state index contributed by atoms with van der Waals surface area (Å²) in [7, 11) is 0. The minimum atomic E-state index is -1.80. The van der Waals surface area contributed by atoms with Gasteiger partial charge in [0.2, 0.25) is 6.17 Å². The molecule has 0 aliphatic heterocycles. The highest BCUT2D eigenvalue weighted by Gasteiger charge is 2.19. The van der Waals surface area contributed by atoms with Crippen LogP contribution < -0.4 is 0 Å². The van der Waals surface area contributed by atoms with Crippen LogP contribution in [0, 0.1) is 0 Å². The highest BCUT2D eigenvalue weighted by atomic mass is 19.1. The van der Waals surface area contributed by atoms with Gasteiger partial charge in [-0.15, -0.1) is 0 Å². The molecule has 0 aromatic rings. The highest BCUT2D eigenvalue weighted by molar-refractivity contribution is 5.84. The van der Waals surface area contributed by atoms with Crippen LogP contribution in [0.3, 0.4) is 0 Å². The lowest BCUT2D eigenvalue weighted by atomic mass is 10.2. The minimum absolute atomic E-state index is 0.136. The maximum Gasteiger partial charge on any atom is 0.341 e. The van der Waals surface area contributed by atoms with Crippen molar-refractivity contribution in [3.63, 3.8) is 0 Å². The number of esters is 1. The van der Waals surface area contributed by atoms with Crippen LogP contribution in [0.1, 0.15) is 20.3 Å². The molecule has 0 amide bonds. The molecule has 1 atom stereocenters. The van der Waals surface area contributed by atoms with Crippen LogP contribution in [0.4, 0.5) is 4.39 Å². The largest absolute Gasteiger partial charge is 0.464 e. The SMILES string of the molecule is CCOC(=O)[C@H](F)CC(C)=O. The van der Waals surface area contributed by atoms with Crippen molar-refractivity contribution in [3.8, 4) is 0 Å². The van der Waals surface area contributed by atoms with Gasteiger partial charge in [-0.2, -0.15) is 0 Å². The van der Waals surface area contributed by atoms with E-state index in [0.717, 1.165) is 0 Å². The minimum Gasteiger partial charge on any atom is -0.464 e. The first-order valence-corrected chi connectivity index (χ1v) is 3.38. The van der Waals surface area contributed by atoms with Gasteiger partial charge in [0, 0.05) is 6.42 Å². The van der Waals surface area contributed by atoms with Crippen molar-refractivity contribution in [2.24, 2.45) is 0 Å². The fraction of sp³-hybridized carbons (Fsp3) is 0.714. The molecule has 0 spiro atoms. The van der Waals surface area contributed by atoms with Crippen molar-refractivity contribution >= 4 is 11.8 Å². The van der Waals surface area contributed by atoms with E-state index < -0.39 is 18.6 Å². The Morgan fingerprint density at radius 3 is 2.45 bits per heavy atom. The number of carbonyl (C=O) groups is 2. The lowest BCUT2D eigenvalue weighted by Crippen LogP contribution is -2.21. The Balaban J connectivity index is 3.73. The van der Waals surface area contributed by atoms with Gasteiger partial charge in [0.25, 0.3) is 0 Å². The predicted octanol–water partition coefficient (Wildman–Crippen LogP) is 0.867. The Hall–Kier alpha value is -0.930. The van der Waals surface area contributed by atoms with Gasteiger partial charge >= 0.3 is 5.97 Å². The lowest BCUT2D eigenvalue weighted by molar-refractivity contribution is -0.150. The summed E-state index contributed by atoms with van der Waals surface area (Å²) in [5, 5.41) is 0. The van der Waals surface area contributed by atoms with Crippen LogP contribution in [0.2, 0.25) is 0 Å². The van der Waals surface area contributed by atoms with Crippen molar-refractivity contribution in [2.45, 2.75) is 26.4 Å². The fourth-order valence-corrected chi connectivity index (χ4v) is 0.568. The zero-order chi connectivity index (χ0) is 8.85.